The van der Waals surface area contributed by atoms with Gasteiger partial charge < -0.3 is 20.5 Å². The Labute approximate surface area is 232 Å². The number of fused-ring (bicyclic) bond motifs is 1. The van der Waals surface area contributed by atoms with E-state index in [2.05, 4.69) is 48.1 Å². The number of alkyl carbamates (subject to hydrolysis) is 1. The van der Waals surface area contributed by atoms with Crippen molar-refractivity contribution in [1.29, 1.82) is 0 Å². The molecule has 0 aliphatic rings. The van der Waals surface area contributed by atoms with Gasteiger partial charge in [0.1, 0.15) is 11.3 Å². The van der Waals surface area contributed by atoms with E-state index in [9.17, 15) is 9.59 Å². The average Bonchev–Trinajstić information content (AvgIpc) is 3.53. The van der Waals surface area contributed by atoms with Crippen LogP contribution in [0.1, 0.15) is 58.4 Å². The second kappa shape index (κ2) is 13.0. The summed E-state index contributed by atoms with van der Waals surface area (Å²) in [6.07, 6.45) is 9.61. The number of aryl methyl sites for hydroxylation is 2. The second-order valence-electron chi connectivity index (χ2n) is 10.4. The van der Waals surface area contributed by atoms with Crippen molar-refractivity contribution in [3.8, 4) is 5.69 Å². The first kappa shape index (κ1) is 28.5. The standard InChI is InChI=1S/C27H35N9O4/c1-27(2,3)40-26(39)28-14-7-5-4-6-8-19-9-11-20(12-10-19)31-25-29-17-22-24(32-25)36(34-33-22)21-16-30-35(18-21)15-13-23(37)38/h9-12,16-18H,4-8,13-15H2,1-3H3,(H,28,39)(H,37,38)(H,29,31,32). The van der Waals surface area contributed by atoms with E-state index in [-0.39, 0.29) is 19.1 Å². The molecule has 0 saturated carbocycles. The molecule has 0 unspecified atom stereocenters. The highest BCUT2D eigenvalue weighted by Crippen LogP contribution is 2.19. The van der Waals surface area contributed by atoms with Crippen LogP contribution < -0.4 is 10.6 Å². The van der Waals surface area contributed by atoms with E-state index >= 15 is 0 Å². The molecule has 3 N–H and O–H groups in total. The fourth-order valence-electron chi connectivity index (χ4n) is 3.95. The third-order valence-corrected chi connectivity index (χ3v) is 5.88. The fourth-order valence-corrected chi connectivity index (χ4v) is 3.95. The first-order valence-electron chi connectivity index (χ1n) is 13.3. The van der Waals surface area contributed by atoms with Gasteiger partial charge in [0, 0.05) is 12.2 Å². The lowest BCUT2D eigenvalue weighted by atomic mass is 10.1. The molecule has 13 heteroatoms. The van der Waals surface area contributed by atoms with Crippen molar-refractivity contribution >= 4 is 34.9 Å². The van der Waals surface area contributed by atoms with E-state index in [1.807, 2.05) is 32.9 Å². The summed E-state index contributed by atoms with van der Waals surface area (Å²) < 4.78 is 8.32. The van der Waals surface area contributed by atoms with E-state index < -0.39 is 11.6 Å². The second-order valence-corrected chi connectivity index (χ2v) is 10.4. The number of anilines is 2. The van der Waals surface area contributed by atoms with Gasteiger partial charge in [-0.1, -0.05) is 30.2 Å². The van der Waals surface area contributed by atoms with Crippen LogP contribution in [0.25, 0.3) is 16.9 Å². The summed E-state index contributed by atoms with van der Waals surface area (Å²) in [5.41, 5.74) is 3.29. The smallest absolute Gasteiger partial charge is 0.407 e. The lowest BCUT2D eigenvalue weighted by Gasteiger charge is -2.19. The number of aromatic nitrogens is 7. The van der Waals surface area contributed by atoms with E-state index in [0.717, 1.165) is 37.8 Å². The van der Waals surface area contributed by atoms with Crippen LogP contribution in [0, 0.1) is 0 Å². The number of nitrogens with one attached hydrogen (secondary N) is 2. The molecule has 0 saturated heterocycles. The Bertz CT molecular complexity index is 1420. The number of hydrogen-bond donors (Lipinski definition) is 3. The third-order valence-electron chi connectivity index (χ3n) is 5.88. The lowest BCUT2D eigenvalue weighted by molar-refractivity contribution is -0.137. The van der Waals surface area contributed by atoms with Gasteiger partial charge in [0.25, 0.3) is 0 Å². The average molecular weight is 550 g/mol. The van der Waals surface area contributed by atoms with Crippen LogP contribution in [-0.4, -0.2) is 64.1 Å². The van der Waals surface area contributed by atoms with E-state index in [0.29, 0.717) is 29.3 Å². The molecule has 3 aromatic heterocycles. The van der Waals surface area contributed by atoms with Crippen LogP contribution in [0.3, 0.4) is 0 Å². The molecule has 0 fully saturated rings. The molecule has 4 rings (SSSR count). The molecule has 0 aliphatic heterocycles. The molecule has 4 aromatic rings. The fraction of sp³-hybridized carbons (Fsp3) is 0.444. The molecule has 40 heavy (non-hydrogen) atoms. The van der Waals surface area contributed by atoms with Crippen molar-refractivity contribution in [3.63, 3.8) is 0 Å². The molecule has 3 heterocycles. The van der Waals surface area contributed by atoms with Crippen LogP contribution in [-0.2, 0) is 22.5 Å². The summed E-state index contributed by atoms with van der Waals surface area (Å²) in [5, 5.41) is 27.4. The van der Waals surface area contributed by atoms with Gasteiger partial charge in [-0.3, -0.25) is 9.48 Å². The van der Waals surface area contributed by atoms with E-state index in [1.165, 1.54) is 5.56 Å². The molecule has 1 amide bonds. The molecule has 0 spiro atoms. The Morgan fingerprint density at radius 1 is 1.05 bits per heavy atom. The molecular weight excluding hydrogens is 514 g/mol. The van der Waals surface area contributed by atoms with Gasteiger partial charge in [0.2, 0.25) is 5.95 Å². The van der Waals surface area contributed by atoms with E-state index in [1.54, 1.807) is 28.0 Å². The zero-order valence-electron chi connectivity index (χ0n) is 23.0. The Balaban J connectivity index is 1.24. The summed E-state index contributed by atoms with van der Waals surface area (Å²) >= 11 is 0. The number of nitrogens with zero attached hydrogens (tertiary/aromatic N) is 7. The van der Waals surface area contributed by atoms with Gasteiger partial charge in [-0.2, -0.15) is 14.8 Å². The molecule has 13 nitrogen and oxygen atoms in total. The number of unbranched alkanes of at least 4 members (excludes halogenated alkanes) is 3. The van der Waals surface area contributed by atoms with Crippen molar-refractivity contribution < 1.29 is 19.4 Å². The quantitative estimate of drug-likeness (QED) is 0.205. The minimum Gasteiger partial charge on any atom is -0.481 e. The SMILES string of the molecule is CC(C)(C)OC(=O)NCCCCCCc1ccc(Nc2ncc3nnn(-c4cnn(CCC(=O)O)c4)c3n2)cc1. The minimum absolute atomic E-state index is 0.0245. The number of rotatable bonds is 13. The first-order valence-corrected chi connectivity index (χ1v) is 13.3. The summed E-state index contributed by atoms with van der Waals surface area (Å²) in [6, 6.07) is 8.16. The highest BCUT2D eigenvalue weighted by atomic mass is 16.6. The highest BCUT2D eigenvalue weighted by Gasteiger charge is 2.15. The highest BCUT2D eigenvalue weighted by molar-refractivity contribution is 5.72. The van der Waals surface area contributed by atoms with Gasteiger partial charge in [-0.15, -0.1) is 5.10 Å². The predicted molar refractivity (Wildman–Crippen MR) is 149 cm³/mol. The topological polar surface area (TPSA) is 162 Å². The largest absolute Gasteiger partial charge is 0.481 e. The number of amides is 1. The summed E-state index contributed by atoms with van der Waals surface area (Å²) in [7, 11) is 0. The minimum atomic E-state index is -0.888. The molecular formula is C27H35N9O4. The summed E-state index contributed by atoms with van der Waals surface area (Å²) in [6.45, 7) is 6.43. The normalized spacial score (nSPS) is 11.5. The van der Waals surface area contributed by atoms with Crippen LogP contribution in [0.2, 0.25) is 0 Å². The molecule has 0 bridgehead atoms. The van der Waals surface area contributed by atoms with Crippen molar-refractivity contribution in [2.75, 3.05) is 11.9 Å². The molecule has 212 valence electrons. The van der Waals surface area contributed by atoms with Gasteiger partial charge in [-0.05, 0) is 57.7 Å². The first-order chi connectivity index (χ1) is 19.2. The van der Waals surface area contributed by atoms with Crippen molar-refractivity contribution in [2.45, 2.75) is 71.4 Å². The maximum Gasteiger partial charge on any atom is 0.407 e. The maximum absolute atomic E-state index is 11.7. The zero-order valence-corrected chi connectivity index (χ0v) is 23.0. The monoisotopic (exact) mass is 549 g/mol. The Morgan fingerprint density at radius 3 is 2.58 bits per heavy atom. The molecule has 1 aromatic carbocycles. The van der Waals surface area contributed by atoms with E-state index in [4.69, 9.17) is 9.84 Å². The molecule has 0 atom stereocenters. The van der Waals surface area contributed by atoms with Crippen molar-refractivity contribution in [1.82, 2.24) is 40.1 Å². The zero-order chi connectivity index (χ0) is 28.5. The van der Waals surface area contributed by atoms with Crippen LogP contribution >= 0.6 is 0 Å². The third kappa shape index (κ3) is 8.48. The molecule has 0 aliphatic carbocycles. The number of benzene rings is 1. The van der Waals surface area contributed by atoms with Gasteiger partial charge in [0.15, 0.2) is 11.2 Å². The Kier molecular flexibility index (Phi) is 9.25. The maximum atomic E-state index is 11.7. The Morgan fingerprint density at radius 2 is 1.82 bits per heavy atom. The number of carbonyl (C=O) groups is 2. The van der Waals surface area contributed by atoms with Crippen LogP contribution in [0.5, 0.6) is 0 Å². The van der Waals surface area contributed by atoms with Crippen molar-refractivity contribution in [3.05, 3.63) is 48.4 Å². The number of carbonyl (C=O) groups excluding carboxylic acids is 1. The number of carboxylic acids is 1. The van der Waals surface area contributed by atoms with Gasteiger partial charge >= 0.3 is 12.1 Å². The Hall–Kier alpha value is -4.55. The van der Waals surface area contributed by atoms with Crippen LogP contribution in [0.4, 0.5) is 16.4 Å². The molecule has 0 radical (unpaired) electrons. The number of carboxylic acid groups (broad SMARTS) is 1. The van der Waals surface area contributed by atoms with Gasteiger partial charge in [-0.25, -0.2) is 9.78 Å². The number of hydrogen-bond acceptors (Lipinski definition) is 9. The van der Waals surface area contributed by atoms with Crippen molar-refractivity contribution in [2.24, 2.45) is 0 Å². The lowest BCUT2D eigenvalue weighted by Crippen LogP contribution is -2.32. The van der Waals surface area contributed by atoms with Crippen LogP contribution in [0.15, 0.2) is 42.9 Å². The predicted octanol–water partition coefficient (Wildman–Crippen LogP) is 4.25. The van der Waals surface area contributed by atoms with Gasteiger partial charge in [0.05, 0.1) is 31.6 Å². The number of ether oxygens (including phenoxy) is 1. The summed E-state index contributed by atoms with van der Waals surface area (Å²) in [5.74, 6) is -0.483. The summed E-state index contributed by atoms with van der Waals surface area (Å²) in [4.78, 5) is 31.4. The number of aliphatic carboxylic acids is 1.